The molecule has 0 spiro atoms. The van der Waals surface area contributed by atoms with Crippen LogP contribution in [0.2, 0.25) is 5.02 Å². The van der Waals surface area contributed by atoms with Crippen LogP contribution in [0.3, 0.4) is 0 Å². The first-order valence-electron chi connectivity index (χ1n) is 8.91. The highest BCUT2D eigenvalue weighted by Crippen LogP contribution is 2.34. The highest BCUT2D eigenvalue weighted by molar-refractivity contribution is 6.33. The van der Waals surface area contributed by atoms with E-state index in [1.807, 2.05) is 0 Å². The molecule has 29 heavy (non-hydrogen) atoms. The quantitative estimate of drug-likeness (QED) is 0.469. The molecule has 1 fully saturated rings. The lowest BCUT2D eigenvalue weighted by Gasteiger charge is -2.37. The number of hydrogen-bond acceptors (Lipinski definition) is 7. The molecule has 4 rings (SSSR count). The second-order valence-corrected chi connectivity index (χ2v) is 7.03. The Morgan fingerprint density at radius 1 is 0.897 bits per heavy atom. The Bertz CT molecular complexity index is 1110. The predicted molar refractivity (Wildman–Crippen MR) is 111 cm³/mol. The summed E-state index contributed by atoms with van der Waals surface area (Å²) < 4.78 is 0. The molecule has 1 aromatic heterocycles. The molecule has 9 nitrogen and oxygen atoms in total. The zero-order chi connectivity index (χ0) is 20.5. The van der Waals surface area contributed by atoms with Crippen LogP contribution >= 0.6 is 11.6 Å². The highest BCUT2D eigenvalue weighted by Gasteiger charge is 2.24. The summed E-state index contributed by atoms with van der Waals surface area (Å²) in [7, 11) is 0. The molecule has 0 amide bonds. The van der Waals surface area contributed by atoms with Crippen molar-refractivity contribution in [2.75, 3.05) is 36.0 Å². The molecular weight excluding hydrogens is 398 g/mol. The van der Waals surface area contributed by atoms with Crippen molar-refractivity contribution in [3.05, 3.63) is 73.9 Å². The van der Waals surface area contributed by atoms with E-state index < -0.39 is 9.85 Å². The SMILES string of the molecule is O=[N+]([O-])c1ccc(N2CCN(c3ccc([N+](=O)[O-])c4cccnc34)CC2)c(Cl)c1. The maximum atomic E-state index is 11.3. The van der Waals surface area contributed by atoms with Crippen molar-refractivity contribution in [1.82, 2.24) is 4.98 Å². The van der Waals surface area contributed by atoms with Crippen LogP contribution in [0, 0.1) is 20.2 Å². The molecule has 148 valence electrons. The first-order valence-corrected chi connectivity index (χ1v) is 9.29. The van der Waals surface area contributed by atoms with Crippen LogP contribution in [-0.2, 0) is 0 Å². The van der Waals surface area contributed by atoms with E-state index in [9.17, 15) is 20.2 Å². The molecule has 0 atom stereocenters. The fourth-order valence-corrected chi connectivity index (χ4v) is 3.91. The largest absolute Gasteiger partial charge is 0.367 e. The van der Waals surface area contributed by atoms with E-state index in [-0.39, 0.29) is 11.4 Å². The molecule has 1 aliphatic heterocycles. The highest BCUT2D eigenvalue weighted by atomic mass is 35.5. The van der Waals surface area contributed by atoms with Gasteiger partial charge in [-0.2, -0.15) is 0 Å². The number of benzene rings is 2. The van der Waals surface area contributed by atoms with Gasteiger partial charge in [0.25, 0.3) is 11.4 Å². The number of pyridine rings is 1. The number of halogens is 1. The van der Waals surface area contributed by atoms with Gasteiger partial charge in [-0.1, -0.05) is 11.6 Å². The topological polar surface area (TPSA) is 106 Å². The fraction of sp³-hybridized carbons (Fsp3) is 0.211. The lowest BCUT2D eigenvalue weighted by Crippen LogP contribution is -2.46. The van der Waals surface area contributed by atoms with Crippen LogP contribution in [0.15, 0.2) is 48.7 Å². The van der Waals surface area contributed by atoms with Crippen molar-refractivity contribution in [2.24, 2.45) is 0 Å². The van der Waals surface area contributed by atoms with Gasteiger partial charge in [0, 0.05) is 50.6 Å². The Balaban J connectivity index is 1.57. The minimum Gasteiger partial charge on any atom is -0.367 e. The molecule has 2 aromatic carbocycles. The number of non-ortho nitro benzene ring substituents is 2. The Hall–Kier alpha value is -3.46. The maximum Gasteiger partial charge on any atom is 0.278 e. The number of nitro groups is 2. The monoisotopic (exact) mass is 413 g/mol. The van der Waals surface area contributed by atoms with Gasteiger partial charge in [-0.3, -0.25) is 25.2 Å². The smallest absolute Gasteiger partial charge is 0.278 e. The first kappa shape index (κ1) is 18.9. The fourth-order valence-electron chi connectivity index (χ4n) is 3.61. The van der Waals surface area contributed by atoms with Crippen molar-refractivity contribution in [3.8, 4) is 0 Å². The summed E-state index contributed by atoms with van der Waals surface area (Å²) in [5.74, 6) is 0. The molecule has 0 unspecified atom stereocenters. The molecule has 1 saturated heterocycles. The number of nitrogens with zero attached hydrogens (tertiary/aromatic N) is 5. The molecule has 0 aliphatic carbocycles. The number of nitro benzene ring substituents is 2. The minimum absolute atomic E-state index is 0.0353. The van der Waals surface area contributed by atoms with Crippen LogP contribution in [0.4, 0.5) is 22.7 Å². The summed E-state index contributed by atoms with van der Waals surface area (Å²) in [5, 5.41) is 23.0. The number of anilines is 2. The summed E-state index contributed by atoms with van der Waals surface area (Å²) in [5.41, 5.74) is 2.20. The molecule has 3 aromatic rings. The third kappa shape index (κ3) is 3.52. The van der Waals surface area contributed by atoms with E-state index in [4.69, 9.17) is 11.6 Å². The normalized spacial score (nSPS) is 14.2. The molecule has 0 radical (unpaired) electrons. The third-order valence-corrected chi connectivity index (χ3v) is 5.33. The third-order valence-electron chi connectivity index (χ3n) is 5.03. The van der Waals surface area contributed by atoms with Crippen molar-refractivity contribution < 1.29 is 9.85 Å². The van der Waals surface area contributed by atoms with Crippen LogP contribution in [0.1, 0.15) is 0 Å². The van der Waals surface area contributed by atoms with Crippen molar-refractivity contribution >= 4 is 45.3 Å². The van der Waals surface area contributed by atoms with Gasteiger partial charge in [-0.15, -0.1) is 0 Å². The van der Waals surface area contributed by atoms with Crippen LogP contribution in [0.25, 0.3) is 10.9 Å². The van der Waals surface area contributed by atoms with Crippen LogP contribution in [-0.4, -0.2) is 41.0 Å². The summed E-state index contributed by atoms with van der Waals surface area (Å²) in [6, 6.07) is 11.1. The summed E-state index contributed by atoms with van der Waals surface area (Å²) in [6.07, 6.45) is 1.63. The minimum atomic E-state index is -0.472. The van der Waals surface area contributed by atoms with Gasteiger partial charge in [0.2, 0.25) is 0 Å². The van der Waals surface area contributed by atoms with Crippen LogP contribution < -0.4 is 9.80 Å². The van der Waals surface area contributed by atoms with E-state index in [0.717, 1.165) is 11.4 Å². The van der Waals surface area contributed by atoms with Gasteiger partial charge >= 0.3 is 0 Å². The molecule has 1 aliphatic rings. The van der Waals surface area contributed by atoms with E-state index >= 15 is 0 Å². The molecule has 0 N–H and O–H groups in total. The van der Waals surface area contributed by atoms with E-state index in [1.54, 1.807) is 30.5 Å². The molecule has 10 heteroatoms. The molecule has 0 bridgehead atoms. The second-order valence-electron chi connectivity index (χ2n) is 6.63. The van der Waals surface area contributed by atoms with Gasteiger partial charge < -0.3 is 9.80 Å². The number of hydrogen-bond donors (Lipinski definition) is 0. The zero-order valence-corrected chi connectivity index (χ0v) is 16.0. The average Bonchev–Trinajstić information content (AvgIpc) is 2.73. The number of rotatable bonds is 4. The van der Waals surface area contributed by atoms with Crippen molar-refractivity contribution in [1.29, 1.82) is 0 Å². The Morgan fingerprint density at radius 3 is 2.17 bits per heavy atom. The number of piperazine rings is 1. The van der Waals surface area contributed by atoms with Gasteiger partial charge in [0.1, 0.15) is 5.52 Å². The van der Waals surface area contributed by atoms with Crippen LogP contribution in [0.5, 0.6) is 0 Å². The maximum absolute atomic E-state index is 11.3. The molecular formula is C19H16ClN5O4. The second kappa shape index (κ2) is 7.51. The van der Waals surface area contributed by atoms with Crippen molar-refractivity contribution in [2.45, 2.75) is 0 Å². The molecule has 0 saturated carbocycles. The summed E-state index contributed by atoms with van der Waals surface area (Å²) >= 11 is 6.25. The number of fused-ring (bicyclic) bond motifs is 1. The van der Waals surface area contributed by atoms with Gasteiger partial charge in [-0.25, -0.2) is 0 Å². The summed E-state index contributed by atoms with van der Waals surface area (Å²) in [4.78, 5) is 29.9. The zero-order valence-electron chi connectivity index (χ0n) is 15.2. The molecule has 2 heterocycles. The van der Waals surface area contributed by atoms with E-state index in [0.29, 0.717) is 42.1 Å². The Labute approximate surface area is 170 Å². The van der Waals surface area contributed by atoms with E-state index in [1.165, 1.54) is 18.2 Å². The lowest BCUT2D eigenvalue weighted by atomic mass is 10.1. The van der Waals surface area contributed by atoms with E-state index in [2.05, 4.69) is 14.8 Å². The standard InChI is InChI=1S/C19H16ClN5O4/c20-15-12-13(24(26)27)3-4-17(15)22-8-10-23(11-9-22)18-6-5-16(25(28)29)14-2-1-7-21-19(14)18/h1-7,12H,8-11H2. The Morgan fingerprint density at radius 2 is 1.55 bits per heavy atom. The van der Waals surface area contributed by atoms with Crippen molar-refractivity contribution in [3.63, 3.8) is 0 Å². The predicted octanol–water partition coefficient (Wildman–Crippen LogP) is 4.03. The van der Waals surface area contributed by atoms with Gasteiger partial charge in [0.15, 0.2) is 0 Å². The summed E-state index contributed by atoms with van der Waals surface area (Å²) in [6.45, 7) is 2.64. The number of aromatic nitrogens is 1. The lowest BCUT2D eigenvalue weighted by molar-refractivity contribution is -0.384. The van der Waals surface area contributed by atoms with Gasteiger partial charge in [0.05, 0.1) is 31.6 Å². The first-order chi connectivity index (χ1) is 14.0. The van der Waals surface area contributed by atoms with Gasteiger partial charge in [-0.05, 0) is 24.3 Å². The average molecular weight is 414 g/mol. The Kier molecular flexibility index (Phi) is 4.89.